The Morgan fingerprint density at radius 2 is 1.95 bits per heavy atom. The Kier molecular flexibility index (Phi) is 4.76. The van der Waals surface area contributed by atoms with Gasteiger partial charge in [0.05, 0.1) is 0 Å². The van der Waals surface area contributed by atoms with E-state index < -0.39 is 0 Å². The van der Waals surface area contributed by atoms with Gasteiger partial charge < -0.3 is 5.11 Å². The monoisotopic (exact) mass is 274 g/mol. The van der Waals surface area contributed by atoms with E-state index in [0.717, 1.165) is 10.3 Å². The second-order valence-electron chi connectivity index (χ2n) is 5.17. The Labute approximate surface area is 120 Å². The van der Waals surface area contributed by atoms with Gasteiger partial charge in [-0.15, -0.1) is 11.8 Å². The van der Waals surface area contributed by atoms with E-state index in [1.807, 2.05) is 12.3 Å². The molecule has 1 unspecified atom stereocenters. The number of phenols is 1. The highest BCUT2D eigenvalue weighted by Crippen LogP contribution is 2.33. The maximum atomic E-state index is 9.88. The van der Waals surface area contributed by atoms with Crippen LogP contribution in [0.25, 0.3) is 10.8 Å². The van der Waals surface area contributed by atoms with E-state index in [1.54, 1.807) is 11.8 Å². The largest absolute Gasteiger partial charge is 0.507 e. The molecule has 1 N–H and O–H groups in total. The number of phenolic OH excluding ortho intramolecular Hbond substituents is 1. The van der Waals surface area contributed by atoms with E-state index in [-0.39, 0.29) is 0 Å². The number of unbranched alkanes of at least 4 members (excludes halogenated alkanes) is 1. The lowest BCUT2D eigenvalue weighted by molar-refractivity contribution is 0.463. The second kappa shape index (κ2) is 6.33. The highest BCUT2D eigenvalue weighted by atomic mass is 32.2. The van der Waals surface area contributed by atoms with Gasteiger partial charge in [-0.05, 0) is 47.1 Å². The van der Waals surface area contributed by atoms with Crippen molar-refractivity contribution in [2.75, 3.05) is 6.26 Å². The maximum absolute atomic E-state index is 9.88. The Morgan fingerprint density at radius 3 is 2.63 bits per heavy atom. The van der Waals surface area contributed by atoms with Gasteiger partial charge >= 0.3 is 0 Å². The van der Waals surface area contributed by atoms with Crippen molar-refractivity contribution in [1.29, 1.82) is 0 Å². The molecule has 0 radical (unpaired) electrons. The van der Waals surface area contributed by atoms with Crippen LogP contribution in [0.15, 0.2) is 35.2 Å². The molecule has 0 bridgehead atoms. The van der Waals surface area contributed by atoms with Crippen molar-refractivity contribution in [3.63, 3.8) is 0 Å². The summed E-state index contributed by atoms with van der Waals surface area (Å²) in [6.07, 6.45) is 5.78. The van der Waals surface area contributed by atoms with Gasteiger partial charge in [0.2, 0.25) is 0 Å². The normalized spacial score (nSPS) is 12.8. The summed E-state index contributed by atoms with van der Waals surface area (Å²) in [5.74, 6) is 0.989. The third-order valence-corrected chi connectivity index (χ3v) is 4.49. The topological polar surface area (TPSA) is 20.2 Å². The van der Waals surface area contributed by atoms with Crippen LogP contribution in [-0.4, -0.2) is 11.4 Å². The van der Waals surface area contributed by atoms with E-state index in [9.17, 15) is 5.11 Å². The van der Waals surface area contributed by atoms with Crippen LogP contribution in [0.3, 0.4) is 0 Å². The molecule has 0 aromatic heterocycles. The van der Waals surface area contributed by atoms with Gasteiger partial charge in [-0.25, -0.2) is 0 Å². The highest BCUT2D eigenvalue weighted by molar-refractivity contribution is 7.98. The first-order valence-corrected chi connectivity index (χ1v) is 8.18. The van der Waals surface area contributed by atoms with Gasteiger partial charge in [-0.3, -0.25) is 0 Å². The number of thioether (sulfide) groups is 1. The highest BCUT2D eigenvalue weighted by Gasteiger charge is 2.08. The van der Waals surface area contributed by atoms with Gasteiger partial charge in [0.15, 0.2) is 0 Å². The van der Waals surface area contributed by atoms with Gasteiger partial charge in [-0.1, -0.05) is 44.9 Å². The lowest BCUT2D eigenvalue weighted by Crippen LogP contribution is -1.93. The third kappa shape index (κ3) is 3.24. The van der Waals surface area contributed by atoms with Crippen LogP contribution in [0, 0.1) is 0 Å². The summed E-state index contributed by atoms with van der Waals surface area (Å²) in [6, 6.07) is 10.5. The summed E-state index contributed by atoms with van der Waals surface area (Å²) in [5, 5.41) is 12.2. The second-order valence-corrected chi connectivity index (χ2v) is 6.02. The van der Waals surface area contributed by atoms with Crippen LogP contribution >= 0.6 is 11.8 Å². The van der Waals surface area contributed by atoms with Crippen molar-refractivity contribution < 1.29 is 5.11 Å². The van der Waals surface area contributed by atoms with E-state index in [2.05, 4.69) is 38.1 Å². The smallest absolute Gasteiger partial charge is 0.129 e. The standard InChI is InChI=1S/C17H22OS/c1-4-5-6-12(2)13-7-8-14-10-16(18)17(19-3)11-15(14)9-13/h7-12,18H,4-6H2,1-3H3. The Balaban J connectivity index is 2.36. The Bertz CT molecular complexity index is 562. The maximum Gasteiger partial charge on any atom is 0.129 e. The molecule has 0 fully saturated rings. The van der Waals surface area contributed by atoms with Crippen molar-refractivity contribution in [2.45, 2.75) is 43.9 Å². The molecule has 0 aliphatic carbocycles. The van der Waals surface area contributed by atoms with E-state index in [0.29, 0.717) is 11.7 Å². The molecule has 1 atom stereocenters. The molecule has 2 rings (SSSR count). The molecule has 0 saturated carbocycles. The minimum Gasteiger partial charge on any atom is -0.507 e. The van der Waals surface area contributed by atoms with Crippen molar-refractivity contribution in [3.8, 4) is 5.75 Å². The number of aromatic hydroxyl groups is 1. The van der Waals surface area contributed by atoms with Gasteiger partial charge in [0, 0.05) is 4.90 Å². The Morgan fingerprint density at radius 1 is 1.16 bits per heavy atom. The van der Waals surface area contributed by atoms with Crippen LogP contribution in [-0.2, 0) is 0 Å². The average Bonchev–Trinajstić information content (AvgIpc) is 2.43. The number of rotatable bonds is 5. The number of hydrogen-bond acceptors (Lipinski definition) is 2. The average molecular weight is 274 g/mol. The molecule has 0 aliphatic heterocycles. The van der Waals surface area contributed by atoms with Crippen molar-refractivity contribution >= 4 is 22.5 Å². The SMILES string of the molecule is CCCCC(C)c1ccc2cc(O)c(SC)cc2c1. The fraction of sp³-hybridized carbons (Fsp3) is 0.412. The molecule has 2 aromatic rings. The number of hydrogen-bond donors (Lipinski definition) is 1. The first-order valence-electron chi connectivity index (χ1n) is 6.96. The minimum atomic E-state index is 0.381. The van der Waals surface area contributed by atoms with E-state index >= 15 is 0 Å². The van der Waals surface area contributed by atoms with E-state index in [1.165, 1.54) is 30.2 Å². The first kappa shape index (κ1) is 14.3. The molecule has 19 heavy (non-hydrogen) atoms. The van der Waals surface area contributed by atoms with Gasteiger partial charge in [0.25, 0.3) is 0 Å². The van der Waals surface area contributed by atoms with Crippen LogP contribution in [0.2, 0.25) is 0 Å². The molecule has 0 spiro atoms. The molecule has 0 amide bonds. The van der Waals surface area contributed by atoms with Gasteiger partial charge in [-0.2, -0.15) is 0 Å². The van der Waals surface area contributed by atoms with Gasteiger partial charge in [0.1, 0.15) is 5.75 Å². The number of fused-ring (bicyclic) bond motifs is 1. The molecule has 2 aromatic carbocycles. The minimum absolute atomic E-state index is 0.381. The molecule has 102 valence electrons. The molecule has 0 heterocycles. The summed E-state index contributed by atoms with van der Waals surface area (Å²) in [4.78, 5) is 0.950. The zero-order valence-corrected chi connectivity index (χ0v) is 12.8. The predicted octanol–water partition coefficient (Wildman–Crippen LogP) is 5.56. The fourth-order valence-corrected chi connectivity index (χ4v) is 2.94. The van der Waals surface area contributed by atoms with Crippen LogP contribution in [0.5, 0.6) is 5.75 Å². The summed E-state index contributed by atoms with van der Waals surface area (Å²) >= 11 is 1.59. The molecule has 1 nitrogen and oxygen atoms in total. The van der Waals surface area contributed by atoms with Crippen LogP contribution < -0.4 is 0 Å². The molecular weight excluding hydrogens is 252 g/mol. The van der Waals surface area contributed by atoms with Crippen molar-refractivity contribution in [1.82, 2.24) is 0 Å². The molecule has 0 saturated heterocycles. The lowest BCUT2D eigenvalue weighted by atomic mass is 9.93. The van der Waals surface area contributed by atoms with Crippen LogP contribution in [0.4, 0.5) is 0 Å². The quantitative estimate of drug-likeness (QED) is 0.720. The summed E-state index contributed by atoms with van der Waals surface area (Å²) in [7, 11) is 0. The molecule has 0 aliphatic rings. The summed E-state index contributed by atoms with van der Waals surface area (Å²) in [5.41, 5.74) is 1.40. The first-order chi connectivity index (χ1) is 9.15. The summed E-state index contributed by atoms with van der Waals surface area (Å²) < 4.78 is 0. The summed E-state index contributed by atoms with van der Waals surface area (Å²) in [6.45, 7) is 4.54. The molecule has 2 heteroatoms. The number of benzene rings is 2. The zero-order chi connectivity index (χ0) is 13.8. The molecular formula is C17H22OS. The Hall–Kier alpha value is -1.15. The third-order valence-electron chi connectivity index (χ3n) is 3.72. The van der Waals surface area contributed by atoms with Crippen molar-refractivity contribution in [2.24, 2.45) is 0 Å². The predicted molar refractivity (Wildman–Crippen MR) is 85.3 cm³/mol. The fourth-order valence-electron chi connectivity index (χ4n) is 2.43. The van der Waals surface area contributed by atoms with E-state index in [4.69, 9.17) is 0 Å². The lowest BCUT2D eigenvalue weighted by Gasteiger charge is -2.13. The van der Waals surface area contributed by atoms with Crippen LogP contribution in [0.1, 0.15) is 44.6 Å². The zero-order valence-electron chi connectivity index (χ0n) is 11.9. The van der Waals surface area contributed by atoms with Crippen molar-refractivity contribution in [3.05, 3.63) is 35.9 Å².